The third-order valence-corrected chi connectivity index (χ3v) is 5.21. The summed E-state index contributed by atoms with van der Waals surface area (Å²) in [5.41, 5.74) is 0. The number of benzene rings is 1. The van der Waals surface area contributed by atoms with Crippen molar-refractivity contribution in [2.45, 2.75) is 18.9 Å². The van der Waals surface area contributed by atoms with Crippen molar-refractivity contribution in [1.29, 1.82) is 0 Å². The lowest BCUT2D eigenvalue weighted by Crippen LogP contribution is -2.46. The van der Waals surface area contributed by atoms with E-state index < -0.39 is 0 Å². The topological polar surface area (TPSA) is 59.3 Å². The summed E-state index contributed by atoms with van der Waals surface area (Å²) in [4.78, 5) is 4.74. The van der Waals surface area contributed by atoms with Gasteiger partial charge in [0.15, 0.2) is 11.6 Å². The van der Waals surface area contributed by atoms with Gasteiger partial charge in [0, 0.05) is 39.3 Å². The van der Waals surface area contributed by atoms with Crippen LogP contribution in [0.3, 0.4) is 0 Å². The molecule has 0 spiro atoms. The molecule has 2 fully saturated rings. The van der Waals surface area contributed by atoms with E-state index in [1.54, 1.807) is 22.9 Å². The first-order valence-corrected chi connectivity index (χ1v) is 8.81. The van der Waals surface area contributed by atoms with E-state index in [-0.39, 0.29) is 5.82 Å². The Morgan fingerprint density at radius 1 is 1.28 bits per heavy atom. The quantitative estimate of drug-likeness (QED) is 0.814. The Kier molecular flexibility index (Phi) is 4.52. The lowest BCUT2D eigenvalue weighted by atomic mass is 9.92. The molecule has 1 aromatic carbocycles. The van der Waals surface area contributed by atoms with Crippen LogP contribution in [0, 0.1) is 11.7 Å². The van der Waals surface area contributed by atoms with Crippen LogP contribution in [0.5, 0.6) is 5.75 Å². The Morgan fingerprint density at radius 3 is 2.96 bits per heavy atom. The number of nitrogens with zero attached hydrogens (tertiary/aromatic N) is 6. The van der Waals surface area contributed by atoms with Gasteiger partial charge in [-0.15, -0.1) is 0 Å². The maximum absolute atomic E-state index is 13.6. The number of piperidine rings is 1. The summed E-state index contributed by atoms with van der Waals surface area (Å²) in [5.74, 6) is 1.49. The molecular weight excluding hydrogens is 323 g/mol. The monoisotopic (exact) mass is 346 g/mol. The van der Waals surface area contributed by atoms with Crippen LogP contribution in [-0.4, -0.2) is 63.9 Å². The molecule has 2 aromatic rings. The molecule has 0 radical (unpaired) electrons. The highest BCUT2D eigenvalue weighted by Gasteiger charge is 2.40. The van der Waals surface area contributed by atoms with Crippen LogP contribution < -0.4 is 9.64 Å². The van der Waals surface area contributed by atoms with Crippen molar-refractivity contribution in [2.24, 2.45) is 13.0 Å². The van der Waals surface area contributed by atoms with Crippen molar-refractivity contribution < 1.29 is 9.13 Å². The molecule has 2 aliphatic heterocycles. The Hall–Kier alpha value is -2.22. The summed E-state index contributed by atoms with van der Waals surface area (Å²) >= 11 is 0. The minimum Gasteiger partial charge on any atom is -0.489 e. The third kappa shape index (κ3) is 3.30. The van der Waals surface area contributed by atoms with Crippen LogP contribution in [0.4, 0.5) is 10.3 Å². The summed E-state index contributed by atoms with van der Waals surface area (Å²) < 4.78 is 21.0. The van der Waals surface area contributed by atoms with Crippen LogP contribution >= 0.6 is 0 Å². The summed E-state index contributed by atoms with van der Waals surface area (Å²) in [6.45, 7) is 4.30. The molecule has 2 unspecified atom stereocenters. The zero-order valence-electron chi connectivity index (χ0n) is 14.4. The van der Waals surface area contributed by atoms with Gasteiger partial charge in [-0.3, -0.25) is 4.90 Å². The average molecular weight is 346 g/mol. The number of anilines is 1. The second kappa shape index (κ2) is 6.95. The lowest BCUT2D eigenvalue weighted by molar-refractivity contribution is 0.226. The molecule has 3 heterocycles. The number of likely N-dealkylation sites (tertiary alicyclic amines) is 1. The van der Waals surface area contributed by atoms with E-state index in [9.17, 15) is 4.39 Å². The number of rotatable bonds is 5. The van der Waals surface area contributed by atoms with Gasteiger partial charge in [0.2, 0.25) is 5.95 Å². The maximum atomic E-state index is 13.6. The molecule has 134 valence electrons. The number of aryl methyl sites for hydroxylation is 1. The second-order valence-corrected chi connectivity index (χ2v) is 6.80. The normalized spacial score (nSPS) is 23.7. The fraction of sp³-hybridized carbons (Fsp3) is 0.588. The van der Waals surface area contributed by atoms with Crippen molar-refractivity contribution >= 4 is 5.95 Å². The molecule has 0 bridgehead atoms. The van der Waals surface area contributed by atoms with Gasteiger partial charge in [-0.25, -0.2) is 9.07 Å². The molecule has 4 rings (SSSR count). The van der Waals surface area contributed by atoms with Gasteiger partial charge in [0.25, 0.3) is 0 Å². The molecule has 0 aliphatic carbocycles. The predicted molar refractivity (Wildman–Crippen MR) is 91.0 cm³/mol. The van der Waals surface area contributed by atoms with E-state index >= 15 is 0 Å². The largest absolute Gasteiger partial charge is 0.489 e. The van der Waals surface area contributed by atoms with Gasteiger partial charge in [-0.1, -0.05) is 17.2 Å². The highest BCUT2D eigenvalue weighted by Crippen LogP contribution is 2.32. The zero-order valence-corrected chi connectivity index (χ0v) is 14.4. The highest BCUT2D eigenvalue weighted by molar-refractivity contribution is 5.32. The molecule has 2 aliphatic rings. The van der Waals surface area contributed by atoms with Crippen molar-refractivity contribution in [2.75, 3.05) is 37.7 Å². The first-order valence-electron chi connectivity index (χ1n) is 8.81. The second-order valence-electron chi connectivity index (χ2n) is 6.80. The van der Waals surface area contributed by atoms with Crippen LogP contribution in [0.1, 0.15) is 12.8 Å². The number of hydrogen-bond donors (Lipinski definition) is 0. The van der Waals surface area contributed by atoms with E-state index in [4.69, 9.17) is 4.74 Å². The number of tetrazole rings is 1. The Labute approximate surface area is 146 Å². The highest BCUT2D eigenvalue weighted by atomic mass is 19.1. The van der Waals surface area contributed by atoms with E-state index in [2.05, 4.69) is 25.3 Å². The standard InChI is InChI=1S/C17H23FN6O/c1-22-17(19-20-21-22)24-8-4-5-13-11-23(12-15(13)24)9-10-25-16-7-3-2-6-14(16)18/h2-3,6-7,13,15H,4-5,8-12H2,1H3. The van der Waals surface area contributed by atoms with Crippen LogP contribution in [0.25, 0.3) is 0 Å². The van der Waals surface area contributed by atoms with Crippen LogP contribution in [-0.2, 0) is 7.05 Å². The van der Waals surface area contributed by atoms with Gasteiger partial charge in [-0.2, -0.15) is 0 Å². The number of para-hydroxylation sites is 1. The lowest BCUT2D eigenvalue weighted by Gasteiger charge is -2.36. The molecule has 0 saturated carbocycles. The number of fused-ring (bicyclic) bond motifs is 1. The van der Waals surface area contributed by atoms with Gasteiger partial charge in [-0.05, 0) is 41.3 Å². The SMILES string of the molecule is Cn1nnnc1N1CCCC2CN(CCOc3ccccc3F)CC21. The molecule has 7 nitrogen and oxygen atoms in total. The molecule has 0 amide bonds. The van der Waals surface area contributed by atoms with Gasteiger partial charge in [0.05, 0.1) is 0 Å². The van der Waals surface area contributed by atoms with Gasteiger partial charge < -0.3 is 9.64 Å². The molecular formula is C17H23FN6O. The van der Waals surface area contributed by atoms with Crippen molar-refractivity contribution in [1.82, 2.24) is 25.1 Å². The van der Waals surface area contributed by atoms with Crippen molar-refractivity contribution in [3.05, 3.63) is 30.1 Å². The first-order chi connectivity index (χ1) is 12.2. The van der Waals surface area contributed by atoms with Crippen molar-refractivity contribution in [3.8, 4) is 5.75 Å². The van der Waals surface area contributed by atoms with E-state index in [1.807, 2.05) is 7.05 Å². The molecule has 0 N–H and O–H groups in total. The Balaban J connectivity index is 1.35. The number of halogens is 1. The minimum atomic E-state index is -0.307. The molecule has 2 atom stereocenters. The maximum Gasteiger partial charge on any atom is 0.245 e. The van der Waals surface area contributed by atoms with Gasteiger partial charge in [0.1, 0.15) is 6.61 Å². The minimum absolute atomic E-state index is 0.307. The van der Waals surface area contributed by atoms with Crippen LogP contribution in [0.2, 0.25) is 0 Å². The van der Waals surface area contributed by atoms with E-state index in [1.165, 1.54) is 12.5 Å². The smallest absolute Gasteiger partial charge is 0.245 e. The fourth-order valence-corrected chi connectivity index (χ4v) is 4.01. The van der Waals surface area contributed by atoms with Crippen LogP contribution in [0.15, 0.2) is 24.3 Å². The van der Waals surface area contributed by atoms with Crippen molar-refractivity contribution in [3.63, 3.8) is 0 Å². The Morgan fingerprint density at radius 2 is 2.16 bits per heavy atom. The third-order valence-electron chi connectivity index (χ3n) is 5.21. The summed E-state index contributed by atoms with van der Waals surface area (Å²) in [6.07, 6.45) is 2.39. The molecule has 1 aromatic heterocycles. The van der Waals surface area contributed by atoms with E-state index in [0.29, 0.717) is 24.3 Å². The summed E-state index contributed by atoms with van der Waals surface area (Å²) in [6, 6.07) is 6.99. The molecule has 8 heteroatoms. The summed E-state index contributed by atoms with van der Waals surface area (Å²) in [7, 11) is 1.88. The zero-order chi connectivity index (χ0) is 17.2. The predicted octanol–water partition coefficient (Wildman–Crippen LogP) is 1.33. The number of ether oxygens (including phenoxy) is 1. The van der Waals surface area contributed by atoms with E-state index in [0.717, 1.165) is 38.5 Å². The Bertz CT molecular complexity index is 723. The first kappa shape index (κ1) is 16.3. The fourth-order valence-electron chi connectivity index (χ4n) is 4.01. The molecule has 2 saturated heterocycles. The summed E-state index contributed by atoms with van der Waals surface area (Å²) in [5, 5.41) is 11.9. The number of hydrogen-bond acceptors (Lipinski definition) is 6. The van der Waals surface area contributed by atoms with Gasteiger partial charge >= 0.3 is 0 Å². The number of aromatic nitrogens is 4. The average Bonchev–Trinajstić information content (AvgIpc) is 3.22. The molecule has 25 heavy (non-hydrogen) atoms.